The Morgan fingerprint density at radius 1 is 1.10 bits per heavy atom. The number of halogens is 1. The topological polar surface area (TPSA) is 41.1 Å². The summed E-state index contributed by atoms with van der Waals surface area (Å²) in [6.45, 7) is 10.8. The number of amides is 2. The zero-order chi connectivity index (χ0) is 15.4. The van der Waals surface area contributed by atoms with Crippen LogP contribution in [-0.4, -0.2) is 11.6 Å². The predicted molar refractivity (Wildman–Crippen MR) is 79.9 cm³/mol. The second kappa shape index (κ2) is 6.25. The number of hydrogen-bond acceptors (Lipinski definition) is 1. The predicted octanol–water partition coefficient (Wildman–Crippen LogP) is 3.84. The highest BCUT2D eigenvalue weighted by Gasteiger charge is 2.26. The van der Waals surface area contributed by atoms with Crippen molar-refractivity contribution in [1.82, 2.24) is 10.6 Å². The van der Waals surface area contributed by atoms with Crippen molar-refractivity contribution < 1.29 is 9.18 Å². The summed E-state index contributed by atoms with van der Waals surface area (Å²) in [4.78, 5) is 11.9. The van der Waals surface area contributed by atoms with E-state index < -0.39 is 0 Å². The van der Waals surface area contributed by atoms with Gasteiger partial charge in [-0.2, -0.15) is 0 Å². The molecule has 2 amide bonds. The van der Waals surface area contributed by atoms with Crippen molar-refractivity contribution in [3.8, 4) is 0 Å². The Balaban J connectivity index is 2.45. The zero-order valence-corrected chi connectivity index (χ0v) is 13.0. The lowest BCUT2D eigenvalue weighted by molar-refractivity contribution is 0.210. The molecule has 0 aliphatic rings. The van der Waals surface area contributed by atoms with Gasteiger partial charge in [-0.1, -0.05) is 32.9 Å². The fraction of sp³-hybridized carbons (Fsp3) is 0.562. The first-order chi connectivity index (χ1) is 9.07. The Kier molecular flexibility index (Phi) is 5.15. The molecular formula is C16H25FN2O. The summed E-state index contributed by atoms with van der Waals surface area (Å²) in [5.41, 5.74) is 0.744. The largest absolute Gasteiger partial charge is 0.334 e. The Labute approximate surface area is 121 Å². The number of carbonyl (C=O) groups is 1. The van der Waals surface area contributed by atoms with Crippen molar-refractivity contribution in [3.05, 3.63) is 35.6 Å². The summed E-state index contributed by atoms with van der Waals surface area (Å²) < 4.78 is 12.8. The standard InChI is InChI=1S/C16H25FN2O/c1-15(2,3)11-16(4,5)19-14(20)18-10-12-6-8-13(17)9-7-12/h6-9H,10-11H2,1-5H3,(H2,18,19,20). The molecule has 0 saturated heterocycles. The van der Waals surface area contributed by atoms with Crippen LogP contribution < -0.4 is 10.6 Å². The van der Waals surface area contributed by atoms with Crippen molar-refractivity contribution >= 4 is 6.03 Å². The minimum absolute atomic E-state index is 0.147. The third-order valence-electron chi connectivity index (χ3n) is 2.79. The Hall–Kier alpha value is -1.58. The Bertz CT molecular complexity index is 447. The molecule has 4 heteroatoms. The van der Waals surface area contributed by atoms with E-state index >= 15 is 0 Å². The minimum Gasteiger partial charge on any atom is -0.334 e. The van der Waals surface area contributed by atoms with Crippen molar-refractivity contribution in [1.29, 1.82) is 0 Å². The maximum absolute atomic E-state index is 12.8. The molecule has 2 N–H and O–H groups in total. The van der Waals surface area contributed by atoms with Crippen LogP contribution in [0.15, 0.2) is 24.3 Å². The molecule has 0 unspecified atom stereocenters. The molecule has 1 aromatic rings. The van der Waals surface area contributed by atoms with E-state index in [2.05, 4.69) is 31.4 Å². The zero-order valence-electron chi connectivity index (χ0n) is 13.0. The molecule has 0 heterocycles. The third kappa shape index (κ3) is 6.55. The van der Waals surface area contributed by atoms with Crippen molar-refractivity contribution in [2.75, 3.05) is 0 Å². The Morgan fingerprint density at radius 3 is 2.15 bits per heavy atom. The van der Waals surface area contributed by atoms with E-state index in [9.17, 15) is 9.18 Å². The second-order valence-corrected chi connectivity index (χ2v) is 7.06. The quantitative estimate of drug-likeness (QED) is 0.864. The van der Waals surface area contributed by atoms with Gasteiger partial charge in [-0.15, -0.1) is 0 Å². The molecule has 3 nitrogen and oxygen atoms in total. The van der Waals surface area contributed by atoms with Crippen LogP contribution in [0.25, 0.3) is 0 Å². The van der Waals surface area contributed by atoms with Crippen LogP contribution in [0, 0.1) is 11.2 Å². The van der Waals surface area contributed by atoms with E-state index in [1.165, 1.54) is 12.1 Å². The van der Waals surface area contributed by atoms with Gasteiger partial charge in [0.1, 0.15) is 5.82 Å². The van der Waals surface area contributed by atoms with Crippen LogP contribution in [0.5, 0.6) is 0 Å². The van der Waals surface area contributed by atoms with E-state index in [0.717, 1.165) is 12.0 Å². The van der Waals surface area contributed by atoms with Gasteiger partial charge in [0.15, 0.2) is 0 Å². The summed E-state index contributed by atoms with van der Waals surface area (Å²) in [5.74, 6) is -0.274. The highest BCUT2D eigenvalue weighted by molar-refractivity contribution is 5.74. The number of carbonyl (C=O) groups excluding carboxylic acids is 1. The maximum atomic E-state index is 12.8. The smallest absolute Gasteiger partial charge is 0.315 e. The van der Waals surface area contributed by atoms with Gasteiger partial charge in [-0.3, -0.25) is 0 Å². The minimum atomic E-state index is -0.274. The first-order valence-corrected chi connectivity index (χ1v) is 6.88. The van der Waals surface area contributed by atoms with Gasteiger partial charge in [0, 0.05) is 12.1 Å². The van der Waals surface area contributed by atoms with Crippen LogP contribution >= 0.6 is 0 Å². The van der Waals surface area contributed by atoms with Crippen molar-refractivity contribution in [2.24, 2.45) is 5.41 Å². The van der Waals surface area contributed by atoms with E-state index in [1.807, 2.05) is 13.8 Å². The summed E-state index contributed by atoms with van der Waals surface area (Å²) in [5, 5.41) is 5.76. The SMILES string of the molecule is CC(C)(C)CC(C)(C)NC(=O)NCc1ccc(F)cc1. The number of urea groups is 1. The second-order valence-electron chi connectivity index (χ2n) is 7.06. The molecule has 0 aromatic heterocycles. The van der Waals surface area contributed by atoms with Crippen LogP contribution in [0.4, 0.5) is 9.18 Å². The average Bonchev–Trinajstić information content (AvgIpc) is 2.24. The van der Waals surface area contributed by atoms with Gasteiger partial charge >= 0.3 is 6.03 Å². The normalized spacial score (nSPS) is 12.1. The number of hydrogen-bond donors (Lipinski definition) is 2. The molecule has 0 atom stereocenters. The van der Waals surface area contributed by atoms with Crippen molar-refractivity contribution in [3.63, 3.8) is 0 Å². The van der Waals surface area contributed by atoms with Gasteiger partial charge in [-0.25, -0.2) is 9.18 Å². The lowest BCUT2D eigenvalue weighted by Gasteiger charge is -2.33. The molecule has 0 aliphatic carbocycles. The summed E-state index contributed by atoms with van der Waals surface area (Å²) in [6.07, 6.45) is 0.879. The van der Waals surface area contributed by atoms with Crippen LogP contribution in [0.2, 0.25) is 0 Å². The lowest BCUT2D eigenvalue weighted by atomic mass is 9.82. The molecule has 1 aromatic carbocycles. The number of rotatable bonds is 4. The van der Waals surface area contributed by atoms with Gasteiger partial charge in [0.2, 0.25) is 0 Å². The van der Waals surface area contributed by atoms with Crippen LogP contribution in [0.1, 0.15) is 46.6 Å². The lowest BCUT2D eigenvalue weighted by Crippen LogP contribution is -2.49. The molecule has 20 heavy (non-hydrogen) atoms. The maximum Gasteiger partial charge on any atom is 0.315 e. The molecule has 0 fully saturated rings. The fourth-order valence-corrected chi connectivity index (χ4v) is 2.51. The van der Waals surface area contributed by atoms with E-state index in [-0.39, 0.29) is 22.8 Å². The van der Waals surface area contributed by atoms with Gasteiger partial charge < -0.3 is 10.6 Å². The summed E-state index contributed by atoms with van der Waals surface area (Å²) in [6, 6.07) is 5.89. The van der Waals surface area contributed by atoms with Gasteiger partial charge in [0.25, 0.3) is 0 Å². The molecule has 112 valence electrons. The van der Waals surface area contributed by atoms with E-state index in [0.29, 0.717) is 6.54 Å². The molecule has 0 bridgehead atoms. The van der Waals surface area contributed by atoms with E-state index in [4.69, 9.17) is 0 Å². The average molecular weight is 280 g/mol. The molecule has 0 saturated carbocycles. The fourth-order valence-electron chi connectivity index (χ4n) is 2.51. The van der Waals surface area contributed by atoms with Gasteiger partial charge in [0.05, 0.1) is 0 Å². The highest BCUT2D eigenvalue weighted by Crippen LogP contribution is 2.26. The number of nitrogens with one attached hydrogen (secondary N) is 2. The van der Waals surface area contributed by atoms with Crippen LogP contribution in [0.3, 0.4) is 0 Å². The summed E-state index contributed by atoms with van der Waals surface area (Å²) in [7, 11) is 0. The Morgan fingerprint density at radius 2 is 1.65 bits per heavy atom. The highest BCUT2D eigenvalue weighted by atomic mass is 19.1. The van der Waals surface area contributed by atoms with Crippen molar-refractivity contribution in [2.45, 2.75) is 53.1 Å². The van der Waals surface area contributed by atoms with Crippen LogP contribution in [-0.2, 0) is 6.54 Å². The molecular weight excluding hydrogens is 255 g/mol. The number of benzene rings is 1. The molecule has 1 rings (SSSR count). The first kappa shape index (κ1) is 16.5. The van der Waals surface area contributed by atoms with E-state index in [1.54, 1.807) is 12.1 Å². The first-order valence-electron chi connectivity index (χ1n) is 6.88. The molecule has 0 spiro atoms. The third-order valence-corrected chi connectivity index (χ3v) is 2.79. The summed E-state index contributed by atoms with van der Waals surface area (Å²) >= 11 is 0. The monoisotopic (exact) mass is 280 g/mol. The molecule has 0 radical (unpaired) electrons. The molecule has 0 aliphatic heterocycles. The van der Waals surface area contributed by atoms with Gasteiger partial charge in [-0.05, 0) is 43.4 Å².